The monoisotopic (exact) mass is 165 g/mol. The van der Waals surface area contributed by atoms with Crippen LogP contribution in [0.2, 0.25) is 0 Å². The van der Waals surface area contributed by atoms with Crippen molar-refractivity contribution in [2.45, 2.75) is 6.92 Å². The molecule has 1 rings (SSSR count). The Labute approximate surface area is 69.5 Å². The molecule has 0 amide bonds. The van der Waals surface area contributed by atoms with Gasteiger partial charge in [-0.05, 0) is 18.6 Å². The molecule has 2 N–H and O–H groups in total. The highest BCUT2D eigenvalue weighted by Gasteiger charge is 1.95. The molecule has 0 aromatic heterocycles. The highest BCUT2D eigenvalue weighted by molar-refractivity contribution is 7.21. The molecule has 0 aliphatic heterocycles. The number of nitrogen functional groups attached to an aromatic ring is 1. The Bertz CT molecular complexity index is 259. The van der Waals surface area contributed by atoms with Crippen LogP contribution in [0, 0.1) is 6.92 Å². The summed E-state index contributed by atoms with van der Waals surface area (Å²) in [6.07, 6.45) is 2.00. The fraction of sp³-hybridized carbons (Fsp3) is 0.111. The zero-order valence-electron chi connectivity index (χ0n) is 6.54. The van der Waals surface area contributed by atoms with Crippen molar-refractivity contribution in [3.8, 4) is 0 Å². The second-order valence-corrected chi connectivity index (χ2v) is 2.82. The number of aryl methyl sites for hydroxylation is 1. The third-order valence-corrected chi connectivity index (χ3v) is 1.81. The second-order valence-electron chi connectivity index (χ2n) is 2.44. The van der Waals surface area contributed by atoms with E-state index in [4.69, 9.17) is 5.73 Å². The zero-order chi connectivity index (χ0) is 8.27. The minimum atomic E-state index is 0.837. The van der Waals surface area contributed by atoms with Crippen molar-refractivity contribution < 1.29 is 0 Å². The number of nitrogens with two attached hydrogens (primary N) is 1. The van der Waals surface area contributed by atoms with E-state index in [1.54, 1.807) is 0 Å². The van der Waals surface area contributed by atoms with E-state index >= 15 is 0 Å². The van der Waals surface area contributed by atoms with Crippen molar-refractivity contribution in [1.82, 2.24) is 0 Å². The molecule has 1 nitrogen and oxygen atoms in total. The van der Waals surface area contributed by atoms with Gasteiger partial charge in [0.1, 0.15) is 0 Å². The first-order chi connectivity index (χ1) is 5.25. The molecule has 11 heavy (non-hydrogen) atoms. The van der Waals surface area contributed by atoms with Crippen molar-refractivity contribution >= 4 is 21.0 Å². The van der Waals surface area contributed by atoms with E-state index in [2.05, 4.69) is 22.2 Å². The molecule has 1 aromatic carbocycles. The summed E-state index contributed by atoms with van der Waals surface area (Å²) in [5, 5.41) is 0. The average Bonchev–Trinajstić information content (AvgIpc) is 1.97. The van der Waals surface area contributed by atoms with E-state index in [0.29, 0.717) is 0 Å². The first-order valence-corrected chi connectivity index (χ1v) is 4.15. The molecule has 1 unspecified atom stereocenters. The van der Waals surface area contributed by atoms with Crippen molar-refractivity contribution in [2.75, 3.05) is 5.73 Å². The summed E-state index contributed by atoms with van der Waals surface area (Å²) in [5.74, 6) is 1.92. The van der Waals surface area contributed by atoms with Crippen LogP contribution in [0.25, 0.3) is 6.08 Å². The third kappa shape index (κ3) is 1.81. The molecule has 0 spiro atoms. The topological polar surface area (TPSA) is 26.0 Å². The predicted molar refractivity (Wildman–Crippen MR) is 54.3 cm³/mol. The van der Waals surface area contributed by atoms with Gasteiger partial charge in [-0.1, -0.05) is 24.0 Å². The Morgan fingerprint density at radius 2 is 2.18 bits per heavy atom. The van der Waals surface area contributed by atoms with Crippen LogP contribution in [0.5, 0.6) is 0 Å². The van der Waals surface area contributed by atoms with Gasteiger partial charge in [-0.25, -0.2) is 0 Å². The first-order valence-electron chi connectivity index (χ1n) is 3.49. The normalized spacial score (nSPS) is 10.7. The first kappa shape index (κ1) is 8.29. The third-order valence-electron chi connectivity index (χ3n) is 1.62. The number of benzene rings is 1. The van der Waals surface area contributed by atoms with E-state index in [1.807, 2.05) is 24.0 Å². The molecule has 0 heterocycles. The lowest BCUT2D eigenvalue weighted by Crippen LogP contribution is -1.90. The number of rotatable bonds is 1. The molecule has 0 aliphatic rings. The van der Waals surface area contributed by atoms with Gasteiger partial charge in [0, 0.05) is 11.3 Å². The second kappa shape index (κ2) is 3.54. The predicted octanol–water partition coefficient (Wildman–Crippen LogP) is 2.42. The van der Waals surface area contributed by atoms with Crippen molar-refractivity contribution in [2.24, 2.45) is 0 Å². The van der Waals surface area contributed by atoms with Crippen LogP contribution in [0.1, 0.15) is 11.1 Å². The van der Waals surface area contributed by atoms with E-state index in [1.165, 1.54) is 5.56 Å². The summed E-state index contributed by atoms with van der Waals surface area (Å²) in [6, 6.07) is 5.92. The molecule has 0 radical (unpaired) electrons. The smallest absolute Gasteiger partial charge is 0.0390 e. The number of hydrogen-bond acceptors (Lipinski definition) is 1. The average molecular weight is 165 g/mol. The lowest BCUT2D eigenvalue weighted by molar-refractivity contribution is 1.45. The van der Waals surface area contributed by atoms with Gasteiger partial charge in [-0.3, -0.25) is 0 Å². The zero-order valence-corrected chi connectivity index (χ0v) is 7.70. The number of anilines is 1. The van der Waals surface area contributed by atoms with Gasteiger partial charge >= 0.3 is 0 Å². The van der Waals surface area contributed by atoms with E-state index < -0.39 is 0 Å². The number of hydrogen-bond donors (Lipinski definition) is 1. The summed E-state index contributed by atoms with van der Waals surface area (Å²) in [7, 11) is 2.54. The Morgan fingerprint density at radius 3 is 2.73 bits per heavy atom. The maximum Gasteiger partial charge on any atom is 0.0390 e. The molecule has 0 bridgehead atoms. The van der Waals surface area contributed by atoms with Crippen LogP contribution in [0.3, 0.4) is 0 Å². The van der Waals surface area contributed by atoms with Gasteiger partial charge in [-0.15, -0.1) is 9.24 Å². The molecule has 0 fully saturated rings. The van der Waals surface area contributed by atoms with E-state index in [-0.39, 0.29) is 0 Å². The van der Waals surface area contributed by atoms with Gasteiger partial charge in [0.2, 0.25) is 0 Å². The fourth-order valence-corrected chi connectivity index (χ4v) is 1.22. The molecular weight excluding hydrogens is 153 g/mol. The van der Waals surface area contributed by atoms with Gasteiger partial charge in [0.15, 0.2) is 0 Å². The van der Waals surface area contributed by atoms with Crippen LogP contribution < -0.4 is 5.73 Å². The van der Waals surface area contributed by atoms with Crippen molar-refractivity contribution in [3.63, 3.8) is 0 Å². The summed E-state index contributed by atoms with van der Waals surface area (Å²) in [6.45, 7) is 2.05. The molecule has 0 saturated heterocycles. The molecular formula is C9H12NP. The van der Waals surface area contributed by atoms with Crippen LogP contribution in [-0.4, -0.2) is 0 Å². The highest BCUT2D eigenvalue weighted by Crippen LogP contribution is 2.18. The van der Waals surface area contributed by atoms with Crippen LogP contribution in [-0.2, 0) is 0 Å². The van der Waals surface area contributed by atoms with E-state index in [9.17, 15) is 0 Å². The lowest BCUT2D eigenvalue weighted by Gasteiger charge is -2.02. The SMILES string of the molecule is Cc1cccc(N)c1/C=C\P. The van der Waals surface area contributed by atoms with E-state index in [0.717, 1.165) is 11.3 Å². The quantitative estimate of drug-likeness (QED) is 0.502. The van der Waals surface area contributed by atoms with Gasteiger partial charge in [0.25, 0.3) is 0 Å². The standard InChI is InChI=1S/C9H12NP/c1-7-3-2-4-9(10)8(7)5-6-11/h2-6H,10-11H2,1H3/b6-5-. The Kier molecular flexibility index (Phi) is 2.67. The highest BCUT2D eigenvalue weighted by atomic mass is 31.0. The largest absolute Gasteiger partial charge is 0.398 e. The summed E-state index contributed by atoms with van der Waals surface area (Å²) < 4.78 is 0. The van der Waals surface area contributed by atoms with Crippen molar-refractivity contribution in [3.05, 3.63) is 35.1 Å². The fourth-order valence-electron chi connectivity index (χ4n) is 1.03. The van der Waals surface area contributed by atoms with Crippen LogP contribution >= 0.6 is 9.24 Å². The maximum absolute atomic E-state index is 5.75. The Balaban J connectivity index is 3.20. The van der Waals surface area contributed by atoms with Gasteiger partial charge in [0.05, 0.1) is 0 Å². The maximum atomic E-state index is 5.75. The molecule has 1 atom stereocenters. The molecule has 1 aromatic rings. The molecule has 2 heteroatoms. The van der Waals surface area contributed by atoms with Gasteiger partial charge < -0.3 is 5.73 Å². The molecule has 0 saturated carbocycles. The molecule has 0 aliphatic carbocycles. The summed E-state index contributed by atoms with van der Waals surface area (Å²) in [4.78, 5) is 0. The Morgan fingerprint density at radius 1 is 1.45 bits per heavy atom. The molecule has 58 valence electrons. The van der Waals surface area contributed by atoms with Crippen LogP contribution in [0.4, 0.5) is 5.69 Å². The lowest BCUT2D eigenvalue weighted by atomic mass is 10.1. The van der Waals surface area contributed by atoms with Crippen LogP contribution in [0.15, 0.2) is 24.0 Å². The van der Waals surface area contributed by atoms with Crippen molar-refractivity contribution in [1.29, 1.82) is 0 Å². The van der Waals surface area contributed by atoms with Gasteiger partial charge in [-0.2, -0.15) is 0 Å². The summed E-state index contributed by atoms with van der Waals surface area (Å²) in [5.41, 5.74) is 8.91. The minimum absolute atomic E-state index is 0.837. The summed E-state index contributed by atoms with van der Waals surface area (Å²) >= 11 is 0. The Hall–Kier alpha value is -0.810. The minimum Gasteiger partial charge on any atom is -0.398 e.